The van der Waals surface area contributed by atoms with E-state index in [1.165, 1.54) is 0 Å². The highest BCUT2D eigenvalue weighted by molar-refractivity contribution is 6.06. The summed E-state index contributed by atoms with van der Waals surface area (Å²) >= 11 is 0. The lowest BCUT2D eigenvalue weighted by Crippen LogP contribution is -2.43. The third-order valence-electron chi connectivity index (χ3n) is 7.86. The summed E-state index contributed by atoms with van der Waals surface area (Å²) in [6.45, 7) is 10.3. The maximum absolute atomic E-state index is 13.2. The van der Waals surface area contributed by atoms with Crippen LogP contribution in [0.15, 0.2) is 23.0 Å². The van der Waals surface area contributed by atoms with E-state index in [0.29, 0.717) is 22.9 Å². The number of aliphatic hydroxyl groups excluding tert-OH is 1. The highest BCUT2D eigenvalue weighted by Gasteiger charge is 2.26. The zero-order chi connectivity index (χ0) is 25.2. The standard InChI is InChI=1S/C28H40N6O2/c1-18(2)10-11-29-28-30-25(20-5-7-21(35)8-6-20)24-22-9-4-19(17-34-14-12-33(3)13-15-34)16-23(22)27(36)31-26(24)32-28/h4,9,16,18,20-21,35H,5-8,10-15,17H2,1-3H3,(H2,29,30,31,32,36)/t20-,21-. The lowest BCUT2D eigenvalue weighted by Gasteiger charge is -2.32. The summed E-state index contributed by atoms with van der Waals surface area (Å²) < 4.78 is 0. The van der Waals surface area contributed by atoms with Crippen molar-refractivity contribution in [3.8, 4) is 0 Å². The molecule has 5 rings (SSSR count). The summed E-state index contributed by atoms with van der Waals surface area (Å²) in [5, 5.41) is 16.1. The molecule has 3 heterocycles. The van der Waals surface area contributed by atoms with Crippen LogP contribution in [0.3, 0.4) is 0 Å². The van der Waals surface area contributed by atoms with Crippen molar-refractivity contribution < 1.29 is 5.11 Å². The number of nitrogens with one attached hydrogen (secondary N) is 2. The van der Waals surface area contributed by atoms with Crippen LogP contribution in [0.1, 0.15) is 63.1 Å². The minimum atomic E-state index is -0.230. The van der Waals surface area contributed by atoms with Crippen molar-refractivity contribution >= 4 is 27.8 Å². The van der Waals surface area contributed by atoms with Crippen molar-refractivity contribution in [1.29, 1.82) is 0 Å². The van der Waals surface area contributed by atoms with Gasteiger partial charge in [0.15, 0.2) is 0 Å². The number of aromatic nitrogens is 3. The molecule has 8 nitrogen and oxygen atoms in total. The molecule has 0 amide bonds. The first-order valence-electron chi connectivity index (χ1n) is 13.6. The molecule has 0 atom stereocenters. The Morgan fingerprint density at radius 2 is 1.83 bits per heavy atom. The van der Waals surface area contributed by atoms with E-state index in [0.717, 1.165) is 93.4 Å². The van der Waals surface area contributed by atoms with Crippen molar-refractivity contribution in [2.24, 2.45) is 5.92 Å². The predicted molar refractivity (Wildman–Crippen MR) is 146 cm³/mol. The summed E-state index contributed by atoms with van der Waals surface area (Å²) in [4.78, 5) is 30.9. The molecule has 0 spiro atoms. The largest absolute Gasteiger partial charge is 0.393 e. The molecule has 194 valence electrons. The Morgan fingerprint density at radius 3 is 2.56 bits per heavy atom. The number of hydrogen-bond donors (Lipinski definition) is 3. The minimum Gasteiger partial charge on any atom is -0.393 e. The zero-order valence-corrected chi connectivity index (χ0v) is 21.9. The second kappa shape index (κ2) is 10.8. The molecule has 1 aromatic carbocycles. The van der Waals surface area contributed by atoms with E-state index in [1.807, 2.05) is 0 Å². The Hall–Kier alpha value is -2.55. The van der Waals surface area contributed by atoms with Crippen molar-refractivity contribution in [3.05, 3.63) is 39.8 Å². The van der Waals surface area contributed by atoms with Gasteiger partial charge in [0.1, 0.15) is 5.65 Å². The Balaban J connectivity index is 1.54. The fraction of sp³-hybridized carbons (Fsp3) is 0.607. The molecule has 1 aliphatic carbocycles. The van der Waals surface area contributed by atoms with E-state index < -0.39 is 0 Å². The molecule has 1 saturated carbocycles. The van der Waals surface area contributed by atoms with E-state index >= 15 is 0 Å². The van der Waals surface area contributed by atoms with Gasteiger partial charge in [-0.25, -0.2) is 4.98 Å². The molecule has 1 aliphatic heterocycles. The van der Waals surface area contributed by atoms with Crippen LogP contribution in [0.4, 0.5) is 5.95 Å². The molecular formula is C28H40N6O2. The predicted octanol–water partition coefficient (Wildman–Crippen LogP) is 3.70. The lowest BCUT2D eigenvalue weighted by molar-refractivity contribution is 0.122. The molecule has 0 radical (unpaired) electrons. The molecular weight excluding hydrogens is 452 g/mol. The smallest absolute Gasteiger partial charge is 0.257 e. The first-order chi connectivity index (χ1) is 17.4. The number of likely N-dealkylation sites (N-methyl/N-ethyl adjacent to an activating group) is 1. The second-order valence-corrected chi connectivity index (χ2v) is 11.2. The van der Waals surface area contributed by atoms with E-state index in [2.05, 4.69) is 59.2 Å². The lowest BCUT2D eigenvalue weighted by atomic mass is 9.83. The molecule has 2 aliphatic rings. The number of aromatic amines is 1. The topological polar surface area (TPSA) is 97.4 Å². The molecule has 8 heteroatoms. The van der Waals surface area contributed by atoms with Crippen molar-refractivity contribution in [2.75, 3.05) is 45.1 Å². The van der Waals surface area contributed by atoms with Gasteiger partial charge in [0.25, 0.3) is 5.56 Å². The average Bonchev–Trinajstić information content (AvgIpc) is 2.85. The Bertz CT molecular complexity index is 1260. The maximum atomic E-state index is 13.2. The number of nitrogens with zero attached hydrogens (tertiary/aromatic N) is 4. The van der Waals surface area contributed by atoms with Gasteiger partial charge in [0.05, 0.1) is 11.8 Å². The van der Waals surface area contributed by atoms with Crippen LogP contribution in [-0.2, 0) is 6.54 Å². The van der Waals surface area contributed by atoms with Crippen LogP contribution in [-0.4, -0.2) is 75.7 Å². The highest BCUT2D eigenvalue weighted by atomic mass is 16.3. The fourth-order valence-corrected chi connectivity index (χ4v) is 5.57. The second-order valence-electron chi connectivity index (χ2n) is 11.2. The molecule has 3 aromatic rings. The average molecular weight is 493 g/mol. The zero-order valence-electron chi connectivity index (χ0n) is 21.9. The van der Waals surface area contributed by atoms with Crippen LogP contribution in [0.5, 0.6) is 0 Å². The van der Waals surface area contributed by atoms with E-state index in [-0.39, 0.29) is 17.6 Å². The summed E-state index contributed by atoms with van der Waals surface area (Å²) in [6, 6.07) is 6.30. The van der Waals surface area contributed by atoms with Gasteiger partial charge in [-0.05, 0) is 62.1 Å². The fourth-order valence-electron chi connectivity index (χ4n) is 5.57. The number of fused-ring (bicyclic) bond motifs is 3. The monoisotopic (exact) mass is 492 g/mol. The molecule has 2 fully saturated rings. The third kappa shape index (κ3) is 5.56. The molecule has 3 N–H and O–H groups in total. The van der Waals surface area contributed by atoms with Crippen LogP contribution >= 0.6 is 0 Å². The molecule has 0 bridgehead atoms. The van der Waals surface area contributed by atoms with Gasteiger partial charge < -0.3 is 20.3 Å². The van der Waals surface area contributed by atoms with Crippen LogP contribution in [0.25, 0.3) is 21.8 Å². The number of rotatable bonds is 7. The number of benzene rings is 1. The number of hydrogen-bond acceptors (Lipinski definition) is 7. The Morgan fingerprint density at radius 1 is 1.08 bits per heavy atom. The van der Waals surface area contributed by atoms with Crippen LogP contribution < -0.4 is 10.9 Å². The summed E-state index contributed by atoms with van der Waals surface area (Å²) in [5.74, 6) is 1.40. The molecule has 0 unspecified atom stereocenters. The Kier molecular flexibility index (Phi) is 7.55. The van der Waals surface area contributed by atoms with Gasteiger partial charge in [-0.1, -0.05) is 26.0 Å². The Labute approximate surface area is 213 Å². The normalized spacial score (nSPS) is 22.0. The third-order valence-corrected chi connectivity index (χ3v) is 7.86. The van der Waals surface area contributed by atoms with Gasteiger partial charge in [-0.2, -0.15) is 4.98 Å². The SMILES string of the molecule is CC(C)CCNc1nc2[nH]c(=O)c3cc(CN4CCN(C)CC4)ccc3c2c([C@H]2CC[C@H](O)CC2)n1. The van der Waals surface area contributed by atoms with Crippen molar-refractivity contribution in [1.82, 2.24) is 24.8 Å². The van der Waals surface area contributed by atoms with Crippen molar-refractivity contribution in [3.63, 3.8) is 0 Å². The summed E-state index contributed by atoms with van der Waals surface area (Å²) in [5.41, 5.74) is 2.65. The van der Waals surface area contributed by atoms with E-state index in [1.54, 1.807) is 0 Å². The van der Waals surface area contributed by atoms with Crippen molar-refractivity contribution in [2.45, 2.75) is 64.5 Å². The first kappa shape index (κ1) is 25.1. The highest BCUT2D eigenvalue weighted by Crippen LogP contribution is 2.37. The van der Waals surface area contributed by atoms with Gasteiger partial charge in [-0.15, -0.1) is 0 Å². The van der Waals surface area contributed by atoms with Gasteiger partial charge in [0, 0.05) is 56.0 Å². The number of anilines is 1. The number of H-pyrrole nitrogens is 1. The van der Waals surface area contributed by atoms with Crippen LogP contribution in [0.2, 0.25) is 0 Å². The van der Waals surface area contributed by atoms with E-state index in [4.69, 9.17) is 9.97 Å². The number of pyridine rings is 1. The molecule has 1 saturated heterocycles. The summed E-state index contributed by atoms with van der Waals surface area (Å²) in [6.07, 6.45) is 4.13. The van der Waals surface area contributed by atoms with Gasteiger partial charge in [-0.3, -0.25) is 9.69 Å². The van der Waals surface area contributed by atoms with Gasteiger partial charge in [0.2, 0.25) is 5.95 Å². The number of aliphatic hydroxyl groups is 1. The summed E-state index contributed by atoms with van der Waals surface area (Å²) in [7, 11) is 2.16. The minimum absolute atomic E-state index is 0.102. The molecule has 36 heavy (non-hydrogen) atoms. The quantitative estimate of drug-likeness (QED) is 0.433. The van der Waals surface area contributed by atoms with Crippen LogP contribution in [0, 0.1) is 5.92 Å². The maximum Gasteiger partial charge on any atom is 0.257 e. The number of piperazine rings is 1. The first-order valence-corrected chi connectivity index (χ1v) is 13.6. The van der Waals surface area contributed by atoms with Gasteiger partial charge >= 0.3 is 0 Å². The van der Waals surface area contributed by atoms with E-state index in [9.17, 15) is 9.90 Å². The molecule has 2 aromatic heterocycles.